The number of hydrogen-bond acceptors (Lipinski definition) is 5. The van der Waals surface area contributed by atoms with Crippen LogP contribution in [0.4, 0.5) is 23.2 Å². The van der Waals surface area contributed by atoms with E-state index in [1.807, 2.05) is 0 Å². The molecule has 0 fully saturated rings. The topological polar surface area (TPSA) is 78.6 Å². The van der Waals surface area contributed by atoms with Gasteiger partial charge in [-0.05, 0) is 6.92 Å². The average Bonchev–Trinajstić information content (AvgIpc) is 2.50. The summed E-state index contributed by atoms with van der Waals surface area (Å²) in [5.74, 6) is -9.92. The minimum atomic E-state index is -1.94. The number of esters is 2. The lowest BCUT2D eigenvalue weighted by atomic mass is 10.1. The Hall–Kier alpha value is -2.58. The van der Waals surface area contributed by atoms with Crippen molar-refractivity contribution in [2.24, 2.45) is 0 Å². The van der Waals surface area contributed by atoms with E-state index in [0.717, 1.165) is 0 Å². The zero-order chi connectivity index (χ0) is 17.7. The monoisotopic (exact) mass is 335 g/mol. The molecule has 0 atom stereocenters. The summed E-state index contributed by atoms with van der Waals surface area (Å²) in [7, 11) is 0. The molecule has 5 nitrogen and oxygen atoms in total. The van der Waals surface area contributed by atoms with Crippen LogP contribution < -0.4 is 5.73 Å². The molecule has 1 aromatic carbocycles. The number of ether oxygens (including phenoxy) is 2. The second-order valence-electron chi connectivity index (χ2n) is 4.45. The summed E-state index contributed by atoms with van der Waals surface area (Å²) >= 11 is 0. The summed E-state index contributed by atoms with van der Waals surface area (Å²) in [5.41, 5.74) is 2.08. The third-order valence-electron chi connectivity index (χ3n) is 2.60. The molecular weight excluding hydrogens is 322 g/mol. The fourth-order valence-electron chi connectivity index (χ4n) is 1.41. The van der Waals surface area contributed by atoms with Crippen LogP contribution in [0.2, 0.25) is 0 Å². The average molecular weight is 335 g/mol. The zero-order valence-corrected chi connectivity index (χ0v) is 12.1. The molecule has 2 N–H and O–H groups in total. The summed E-state index contributed by atoms with van der Waals surface area (Å²) in [6, 6.07) is 0. The van der Waals surface area contributed by atoms with Gasteiger partial charge in [-0.15, -0.1) is 0 Å². The molecule has 0 aliphatic carbocycles. The number of anilines is 1. The maximum absolute atomic E-state index is 13.5. The van der Waals surface area contributed by atoms with Crippen LogP contribution in [0.5, 0.6) is 0 Å². The second kappa shape index (κ2) is 7.61. The Morgan fingerprint density at radius 2 is 1.48 bits per heavy atom. The summed E-state index contributed by atoms with van der Waals surface area (Å²) < 4.78 is 62.6. The van der Waals surface area contributed by atoms with Gasteiger partial charge in [-0.2, -0.15) is 0 Å². The molecule has 0 aliphatic rings. The summed E-state index contributed by atoms with van der Waals surface area (Å²) in [6.07, 6.45) is 0.00787. The highest BCUT2D eigenvalue weighted by Gasteiger charge is 2.29. The molecule has 0 radical (unpaired) electrons. The largest absolute Gasteiger partial charge is 0.462 e. The Kier molecular flexibility index (Phi) is 6.11. The first-order valence-electron chi connectivity index (χ1n) is 6.29. The molecule has 9 heteroatoms. The molecule has 0 saturated heterocycles. The van der Waals surface area contributed by atoms with Gasteiger partial charge < -0.3 is 15.2 Å². The molecule has 0 heterocycles. The Bertz CT molecular complexity index is 632. The molecule has 23 heavy (non-hydrogen) atoms. The van der Waals surface area contributed by atoms with E-state index in [-0.39, 0.29) is 18.6 Å². The van der Waals surface area contributed by atoms with E-state index in [0.29, 0.717) is 0 Å². The Labute approximate surface area is 128 Å². The van der Waals surface area contributed by atoms with Crippen LogP contribution >= 0.6 is 0 Å². The Morgan fingerprint density at radius 1 is 1.00 bits per heavy atom. The van der Waals surface area contributed by atoms with Gasteiger partial charge in [0.05, 0.1) is 13.2 Å². The molecule has 0 bridgehead atoms. The molecule has 0 aromatic heterocycles. The van der Waals surface area contributed by atoms with E-state index < -0.39 is 53.1 Å². The summed E-state index contributed by atoms with van der Waals surface area (Å²) in [5, 5.41) is 0. The first-order chi connectivity index (χ1) is 10.7. The van der Waals surface area contributed by atoms with Gasteiger partial charge in [0.15, 0.2) is 23.3 Å². The number of rotatable bonds is 6. The van der Waals surface area contributed by atoms with Gasteiger partial charge in [0.2, 0.25) is 0 Å². The number of nitrogen functional groups attached to an aromatic ring is 1. The van der Waals surface area contributed by atoms with Gasteiger partial charge in [-0.1, -0.05) is 6.58 Å². The molecule has 0 saturated carbocycles. The lowest BCUT2D eigenvalue weighted by Crippen LogP contribution is -2.16. The predicted molar refractivity (Wildman–Crippen MR) is 71.4 cm³/mol. The normalized spacial score (nSPS) is 10.3. The Balaban J connectivity index is 2.66. The van der Waals surface area contributed by atoms with Gasteiger partial charge in [-0.3, -0.25) is 0 Å². The Morgan fingerprint density at radius 3 is 1.96 bits per heavy atom. The van der Waals surface area contributed by atoms with Crippen molar-refractivity contribution in [1.29, 1.82) is 0 Å². The van der Waals surface area contributed by atoms with E-state index in [1.54, 1.807) is 0 Å². The van der Waals surface area contributed by atoms with Crippen LogP contribution in [0.1, 0.15) is 23.7 Å². The summed E-state index contributed by atoms with van der Waals surface area (Å²) in [4.78, 5) is 22.5. The third-order valence-corrected chi connectivity index (χ3v) is 2.60. The molecular formula is C14H13F4NO4. The van der Waals surface area contributed by atoms with Crippen LogP contribution in [0.15, 0.2) is 12.2 Å². The number of nitrogens with two attached hydrogens (primary N) is 1. The van der Waals surface area contributed by atoms with E-state index in [1.165, 1.54) is 6.92 Å². The fourth-order valence-corrected chi connectivity index (χ4v) is 1.41. The van der Waals surface area contributed by atoms with Crippen molar-refractivity contribution >= 4 is 17.6 Å². The first-order valence-corrected chi connectivity index (χ1v) is 6.29. The van der Waals surface area contributed by atoms with Crippen molar-refractivity contribution in [3.05, 3.63) is 41.0 Å². The van der Waals surface area contributed by atoms with Crippen LogP contribution in [0.25, 0.3) is 0 Å². The molecule has 126 valence electrons. The van der Waals surface area contributed by atoms with Crippen LogP contribution in [0, 0.1) is 23.3 Å². The standard InChI is InChI=1S/C14H13F4NO4/c1-6(2)13(20)22-4-3-5-23-14(21)7-8(15)10(17)12(19)11(18)9(7)16/h1,3-5,19H2,2H3. The van der Waals surface area contributed by atoms with Gasteiger partial charge >= 0.3 is 11.9 Å². The molecule has 1 rings (SSSR count). The quantitative estimate of drug-likeness (QED) is 0.216. The maximum atomic E-state index is 13.5. The SMILES string of the molecule is C=C(C)C(=O)OCCCOC(=O)c1c(F)c(F)c(N)c(F)c1F. The van der Waals surface area contributed by atoms with Crippen LogP contribution in [-0.2, 0) is 14.3 Å². The van der Waals surface area contributed by atoms with Gasteiger partial charge in [-0.25, -0.2) is 27.2 Å². The van der Waals surface area contributed by atoms with E-state index in [9.17, 15) is 27.2 Å². The van der Waals surface area contributed by atoms with Crippen LogP contribution in [0.3, 0.4) is 0 Å². The smallest absolute Gasteiger partial charge is 0.344 e. The second-order valence-corrected chi connectivity index (χ2v) is 4.45. The van der Waals surface area contributed by atoms with Gasteiger partial charge in [0, 0.05) is 12.0 Å². The van der Waals surface area contributed by atoms with Crippen molar-refractivity contribution in [1.82, 2.24) is 0 Å². The van der Waals surface area contributed by atoms with Crippen molar-refractivity contribution in [2.45, 2.75) is 13.3 Å². The van der Waals surface area contributed by atoms with Crippen molar-refractivity contribution < 1.29 is 36.6 Å². The molecule has 1 aromatic rings. The first kappa shape index (κ1) is 18.5. The number of hydrogen-bond donors (Lipinski definition) is 1. The zero-order valence-electron chi connectivity index (χ0n) is 12.1. The van der Waals surface area contributed by atoms with Gasteiger partial charge in [0.1, 0.15) is 11.3 Å². The van der Waals surface area contributed by atoms with Crippen molar-refractivity contribution in [3.63, 3.8) is 0 Å². The minimum absolute atomic E-state index is 0.00787. The molecule has 0 unspecified atom stereocenters. The lowest BCUT2D eigenvalue weighted by Gasteiger charge is -2.09. The van der Waals surface area contributed by atoms with Gasteiger partial charge in [0.25, 0.3) is 0 Å². The highest BCUT2D eigenvalue weighted by Crippen LogP contribution is 2.26. The summed E-state index contributed by atoms with van der Waals surface area (Å²) in [6.45, 7) is 4.23. The highest BCUT2D eigenvalue weighted by atomic mass is 19.2. The lowest BCUT2D eigenvalue weighted by molar-refractivity contribution is -0.139. The van der Waals surface area contributed by atoms with E-state index >= 15 is 0 Å². The third kappa shape index (κ3) is 4.21. The van der Waals surface area contributed by atoms with E-state index in [2.05, 4.69) is 16.1 Å². The number of carbonyl (C=O) groups excluding carboxylic acids is 2. The molecule has 0 amide bonds. The maximum Gasteiger partial charge on any atom is 0.344 e. The van der Waals surface area contributed by atoms with Crippen LogP contribution in [-0.4, -0.2) is 25.2 Å². The predicted octanol–water partition coefficient (Wildman–Crippen LogP) is 2.49. The number of carbonyl (C=O) groups is 2. The molecule has 0 spiro atoms. The fraction of sp³-hybridized carbons (Fsp3) is 0.286. The number of halogens is 4. The highest BCUT2D eigenvalue weighted by molar-refractivity contribution is 5.90. The minimum Gasteiger partial charge on any atom is -0.462 e. The van der Waals surface area contributed by atoms with Crippen molar-refractivity contribution in [3.8, 4) is 0 Å². The van der Waals surface area contributed by atoms with E-state index in [4.69, 9.17) is 5.73 Å². The number of benzene rings is 1. The van der Waals surface area contributed by atoms with Crippen molar-refractivity contribution in [2.75, 3.05) is 18.9 Å². The molecule has 0 aliphatic heterocycles.